The molecule has 0 saturated carbocycles. The van der Waals surface area contributed by atoms with Gasteiger partial charge in [0, 0.05) is 12.0 Å². The van der Waals surface area contributed by atoms with Crippen LogP contribution < -0.4 is 0 Å². The topological polar surface area (TPSA) is 46.5 Å². The summed E-state index contributed by atoms with van der Waals surface area (Å²) < 4.78 is 4.80. The molecule has 94 valence electrons. The SMILES string of the molecule is CCCC[C@@H](/C=C/C(=O)OCC)[C@H](O)CC. The Morgan fingerprint density at radius 1 is 1.38 bits per heavy atom. The number of hydrogen-bond acceptors (Lipinski definition) is 3. The van der Waals surface area contributed by atoms with Gasteiger partial charge in [-0.05, 0) is 19.8 Å². The first-order chi connectivity index (χ1) is 7.65. The minimum Gasteiger partial charge on any atom is -0.463 e. The molecule has 0 aromatic rings. The second-order valence-corrected chi connectivity index (χ2v) is 3.89. The van der Waals surface area contributed by atoms with Gasteiger partial charge in [-0.2, -0.15) is 0 Å². The standard InChI is InChI=1S/C13H24O3/c1-4-7-8-11(12(14)5-2)9-10-13(15)16-6-3/h9-12,14H,4-8H2,1-3H3/b10-9+/t11-,12+/m0/s1. The van der Waals surface area contributed by atoms with Crippen LogP contribution in [0.2, 0.25) is 0 Å². The van der Waals surface area contributed by atoms with Crippen molar-refractivity contribution in [2.45, 2.75) is 52.6 Å². The fourth-order valence-corrected chi connectivity index (χ4v) is 1.55. The lowest BCUT2D eigenvalue weighted by molar-refractivity contribution is -0.137. The third-order valence-corrected chi connectivity index (χ3v) is 2.57. The first-order valence-corrected chi connectivity index (χ1v) is 6.18. The van der Waals surface area contributed by atoms with Crippen LogP contribution in [-0.2, 0) is 9.53 Å². The van der Waals surface area contributed by atoms with Crippen molar-refractivity contribution >= 4 is 5.97 Å². The van der Waals surface area contributed by atoms with Crippen LogP contribution in [0.25, 0.3) is 0 Å². The van der Waals surface area contributed by atoms with Gasteiger partial charge in [-0.3, -0.25) is 0 Å². The number of aliphatic hydroxyl groups is 1. The zero-order valence-corrected chi connectivity index (χ0v) is 10.6. The second-order valence-electron chi connectivity index (χ2n) is 3.89. The predicted octanol–water partition coefficient (Wildman–Crippen LogP) is 2.68. The van der Waals surface area contributed by atoms with E-state index >= 15 is 0 Å². The summed E-state index contributed by atoms with van der Waals surface area (Å²) in [4.78, 5) is 11.1. The van der Waals surface area contributed by atoms with E-state index in [2.05, 4.69) is 6.92 Å². The maximum absolute atomic E-state index is 11.1. The Bertz CT molecular complexity index is 211. The van der Waals surface area contributed by atoms with E-state index in [1.54, 1.807) is 13.0 Å². The number of rotatable bonds is 8. The minimum atomic E-state index is -0.364. The van der Waals surface area contributed by atoms with Gasteiger partial charge in [0.1, 0.15) is 0 Å². The largest absolute Gasteiger partial charge is 0.463 e. The molecule has 0 aliphatic heterocycles. The fraction of sp³-hybridized carbons (Fsp3) is 0.769. The van der Waals surface area contributed by atoms with Crippen LogP contribution in [0.1, 0.15) is 46.5 Å². The highest BCUT2D eigenvalue weighted by Crippen LogP contribution is 2.17. The van der Waals surface area contributed by atoms with E-state index in [1.807, 2.05) is 6.92 Å². The Kier molecular flexibility index (Phi) is 8.91. The van der Waals surface area contributed by atoms with Crippen molar-refractivity contribution in [2.24, 2.45) is 5.92 Å². The van der Waals surface area contributed by atoms with E-state index in [0.29, 0.717) is 13.0 Å². The molecule has 3 nitrogen and oxygen atoms in total. The second kappa shape index (κ2) is 9.40. The molecule has 1 N–H and O–H groups in total. The van der Waals surface area contributed by atoms with Crippen molar-refractivity contribution in [1.82, 2.24) is 0 Å². The number of carbonyl (C=O) groups excluding carboxylic acids is 1. The lowest BCUT2D eigenvalue weighted by Gasteiger charge is -2.17. The number of aliphatic hydroxyl groups excluding tert-OH is 1. The zero-order valence-electron chi connectivity index (χ0n) is 10.6. The van der Waals surface area contributed by atoms with Gasteiger partial charge in [0.25, 0.3) is 0 Å². The van der Waals surface area contributed by atoms with Crippen LogP contribution in [0.5, 0.6) is 0 Å². The highest BCUT2D eigenvalue weighted by Gasteiger charge is 2.14. The Morgan fingerprint density at radius 2 is 2.06 bits per heavy atom. The molecule has 0 spiro atoms. The smallest absolute Gasteiger partial charge is 0.330 e. The molecule has 2 atom stereocenters. The molecule has 0 saturated heterocycles. The summed E-state index contributed by atoms with van der Waals surface area (Å²) in [6.45, 7) is 6.23. The maximum Gasteiger partial charge on any atom is 0.330 e. The maximum atomic E-state index is 11.1. The third-order valence-electron chi connectivity index (χ3n) is 2.57. The first kappa shape index (κ1) is 15.2. The molecule has 0 aliphatic carbocycles. The number of unbranched alkanes of at least 4 members (excludes halogenated alkanes) is 1. The Balaban J connectivity index is 4.23. The Hall–Kier alpha value is -0.830. The Labute approximate surface area is 98.5 Å². The van der Waals surface area contributed by atoms with Crippen molar-refractivity contribution in [1.29, 1.82) is 0 Å². The molecule has 0 bridgehead atoms. The first-order valence-electron chi connectivity index (χ1n) is 6.18. The molecule has 3 heteroatoms. The summed E-state index contributed by atoms with van der Waals surface area (Å²) in [5, 5.41) is 9.78. The van der Waals surface area contributed by atoms with Crippen LogP contribution >= 0.6 is 0 Å². The number of ether oxygens (including phenoxy) is 1. The Morgan fingerprint density at radius 3 is 2.56 bits per heavy atom. The minimum absolute atomic E-state index is 0.0642. The normalized spacial score (nSPS) is 15.0. The highest BCUT2D eigenvalue weighted by molar-refractivity contribution is 5.81. The average Bonchev–Trinajstić information content (AvgIpc) is 2.28. The van der Waals surface area contributed by atoms with E-state index in [0.717, 1.165) is 19.3 Å². The van der Waals surface area contributed by atoms with E-state index in [9.17, 15) is 9.90 Å². The van der Waals surface area contributed by atoms with Gasteiger partial charge in [-0.1, -0.05) is 32.8 Å². The zero-order chi connectivity index (χ0) is 12.4. The lowest BCUT2D eigenvalue weighted by Crippen LogP contribution is -2.18. The van der Waals surface area contributed by atoms with Gasteiger partial charge in [-0.25, -0.2) is 4.79 Å². The third kappa shape index (κ3) is 6.62. The van der Waals surface area contributed by atoms with Crippen LogP contribution in [0, 0.1) is 5.92 Å². The van der Waals surface area contributed by atoms with Gasteiger partial charge in [0.15, 0.2) is 0 Å². The van der Waals surface area contributed by atoms with Crippen LogP contribution in [0.4, 0.5) is 0 Å². The molecule has 0 heterocycles. The predicted molar refractivity (Wildman–Crippen MR) is 65.1 cm³/mol. The van der Waals surface area contributed by atoms with Crippen molar-refractivity contribution in [3.8, 4) is 0 Å². The van der Waals surface area contributed by atoms with Crippen molar-refractivity contribution in [3.05, 3.63) is 12.2 Å². The summed E-state index contributed by atoms with van der Waals surface area (Å²) in [5.41, 5.74) is 0. The van der Waals surface area contributed by atoms with Crippen LogP contribution in [-0.4, -0.2) is 23.8 Å². The highest BCUT2D eigenvalue weighted by atomic mass is 16.5. The quantitative estimate of drug-likeness (QED) is 0.513. The van der Waals surface area contributed by atoms with Gasteiger partial charge in [0.2, 0.25) is 0 Å². The lowest BCUT2D eigenvalue weighted by atomic mass is 9.94. The van der Waals surface area contributed by atoms with Crippen molar-refractivity contribution in [2.75, 3.05) is 6.61 Å². The summed E-state index contributed by atoms with van der Waals surface area (Å²) in [6.07, 6.45) is 6.64. The number of carbonyl (C=O) groups is 1. The van der Waals surface area contributed by atoms with E-state index in [1.165, 1.54) is 6.08 Å². The number of esters is 1. The fourth-order valence-electron chi connectivity index (χ4n) is 1.55. The molecule has 0 rings (SSSR count). The molecule has 0 fully saturated rings. The molecule has 0 amide bonds. The van der Waals surface area contributed by atoms with Crippen LogP contribution in [0.15, 0.2) is 12.2 Å². The monoisotopic (exact) mass is 228 g/mol. The van der Waals surface area contributed by atoms with Crippen LogP contribution in [0.3, 0.4) is 0 Å². The molecule has 0 aromatic heterocycles. The van der Waals surface area contributed by atoms with Gasteiger partial charge in [0.05, 0.1) is 12.7 Å². The summed E-state index contributed by atoms with van der Waals surface area (Å²) in [7, 11) is 0. The molecule has 0 aliphatic rings. The molecule has 16 heavy (non-hydrogen) atoms. The van der Waals surface area contributed by atoms with E-state index in [-0.39, 0.29) is 18.0 Å². The van der Waals surface area contributed by atoms with Gasteiger partial charge in [-0.15, -0.1) is 0 Å². The molecule has 0 radical (unpaired) electrons. The van der Waals surface area contributed by atoms with E-state index < -0.39 is 0 Å². The summed E-state index contributed by atoms with van der Waals surface area (Å²) in [5.74, 6) is -0.262. The summed E-state index contributed by atoms with van der Waals surface area (Å²) >= 11 is 0. The summed E-state index contributed by atoms with van der Waals surface area (Å²) in [6, 6.07) is 0. The molecule has 0 unspecified atom stereocenters. The van der Waals surface area contributed by atoms with Crippen molar-refractivity contribution in [3.63, 3.8) is 0 Å². The molecular formula is C13H24O3. The number of hydrogen-bond donors (Lipinski definition) is 1. The van der Waals surface area contributed by atoms with Gasteiger partial charge < -0.3 is 9.84 Å². The van der Waals surface area contributed by atoms with Gasteiger partial charge >= 0.3 is 5.97 Å². The molecular weight excluding hydrogens is 204 g/mol. The van der Waals surface area contributed by atoms with E-state index in [4.69, 9.17) is 4.74 Å². The molecule has 0 aromatic carbocycles. The average molecular weight is 228 g/mol. The van der Waals surface area contributed by atoms with Crippen molar-refractivity contribution < 1.29 is 14.6 Å².